The van der Waals surface area contributed by atoms with E-state index in [0.717, 1.165) is 11.5 Å². The number of aryl methyl sites for hydroxylation is 8. The molecule has 1 unspecified atom stereocenters. The fraction of sp³-hybridized carbons (Fsp3) is 0.317. The summed E-state index contributed by atoms with van der Waals surface area (Å²) in [5.74, 6) is 1.95. The molecule has 2 atom stereocenters. The van der Waals surface area contributed by atoms with Crippen LogP contribution < -0.4 is 30.7 Å². The molecule has 4 heteroatoms. The Morgan fingerprint density at radius 1 is 0.556 bits per heavy atom. The largest absolute Gasteiger partial charge is 0.496 e. The third kappa shape index (κ3) is 6.84. The maximum Gasteiger partial charge on any atom is 0.124 e. The van der Waals surface area contributed by atoms with E-state index in [-0.39, 0.29) is 5.66 Å². The van der Waals surface area contributed by atoms with Gasteiger partial charge >= 0.3 is 0 Å². The molecular weight excluding hydrogens is 586 g/mol. The standard InChI is InChI=1S/C41H47O2P2/c1-25-15-26(2)18-34(17-25)44(35-19-27(3)16-28(4)20-35)33(9)38-13-12-14-39(38)45(36-21-29(5)40(42-10)30(6)22-36)37-23-31(7)41(43-11)32(8)24-37/h12,14-24,33,39H,1-11H3/t33-,39?/m1/s1. The molecule has 0 saturated carbocycles. The Morgan fingerprint density at radius 3 is 1.29 bits per heavy atom. The maximum atomic E-state index is 5.80. The number of rotatable bonds is 9. The SMILES string of the molecule is COc1c(C)cc(P(c2cc(C)c(OC)c(C)c2)C2C=C[C]=C2[C@@H](C)P(c2cc(C)cc(C)c2)c2cc(C)cc(C)c2)cc1C. The summed E-state index contributed by atoms with van der Waals surface area (Å²) in [5, 5.41) is 5.62. The molecular formula is C41H47O2P2. The number of methoxy groups -OCH3 is 2. The Bertz CT molecular complexity index is 1600. The molecule has 1 radical (unpaired) electrons. The summed E-state index contributed by atoms with van der Waals surface area (Å²) in [4.78, 5) is 0. The summed E-state index contributed by atoms with van der Waals surface area (Å²) in [6, 6.07) is 23.7. The Kier molecular flexibility index (Phi) is 10.1. The van der Waals surface area contributed by atoms with Crippen molar-refractivity contribution in [2.24, 2.45) is 0 Å². The number of benzene rings is 4. The summed E-state index contributed by atoms with van der Waals surface area (Å²) in [6.07, 6.45) is 8.43. The van der Waals surface area contributed by atoms with E-state index in [1.165, 1.54) is 71.3 Å². The van der Waals surface area contributed by atoms with Crippen LogP contribution in [0.3, 0.4) is 0 Å². The molecule has 4 aromatic carbocycles. The van der Waals surface area contributed by atoms with E-state index in [0.29, 0.717) is 5.66 Å². The Labute approximate surface area is 274 Å². The highest BCUT2D eigenvalue weighted by Gasteiger charge is 2.35. The third-order valence-corrected chi connectivity index (χ3v) is 14.1. The fourth-order valence-corrected chi connectivity index (χ4v) is 13.5. The smallest absolute Gasteiger partial charge is 0.124 e. The van der Waals surface area contributed by atoms with Gasteiger partial charge in [0, 0.05) is 11.3 Å². The lowest BCUT2D eigenvalue weighted by Crippen LogP contribution is -2.29. The molecule has 0 spiro atoms. The summed E-state index contributed by atoms with van der Waals surface area (Å²) >= 11 is 0. The molecule has 0 fully saturated rings. The summed E-state index contributed by atoms with van der Waals surface area (Å²) < 4.78 is 11.6. The average molecular weight is 634 g/mol. The first-order valence-electron chi connectivity index (χ1n) is 15.8. The van der Waals surface area contributed by atoms with Gasteiger partial charge in [-0.1, -0.05) is 77.7 Å². The molecule has 4 aromatic rings. The van der Waals surface area contributed by atoms with E-state index in [9.17, 15) is 0 Å². The van der Waals surface area contributed by atoms with Crippen molar-refractivity contribution in [1.82, 2.24) is 0 Å². The van der Waals surface area contributed by atoms with E-state index in [1.54, 1.807) is 14.2 Å². The Balaban J connectivity index is 1.69. The fourth-order valence-electron chi connectivity index (χ4n) is 7.18. The molecule has 1 aliphatic rings. The number of allylic oxidation sites excluding steroid dienone is 4. The van der Waals surface area contributed by atoms with E-state index < -0.39 is 15.8 Å². The van der Waals surface area contributed by atoms with Gasteiger partial charge in [-0.25, -0.2) is 0 Å². The summed E-state index contributed by atoms with van der Waals surface area (Å²) in [6.45, 7) is 20.0. The lowest BCUT2D eigenvalue weighted by atomic mass is 10.1. The lowest BCUT2D eigenvalue weighted by molar-refractivity contribution is 0.408. The Hall–Kier alpha value is -3.18. The predicted molar refractivity (Wildman–Crippen MR) is 198 cm³/mol. The van der Waals surface area contributed by atoms with Gasteiger partial charge in [-0.15, -0.1) is 0 Å². The van der Waals surface area contributed by atoms with Crippen LogP contribution in [0, 0.1) is 61.5 Å². The molecule has 0 N–H and O–H groups in total. The van der Waals surface area contributed by atoms with E-state index in [2.05, 4.69) is 141 Å². The van der Waals surface area contributed by atoms with Crippen LogP contribution in [0.1, 0.15) is 51.4 Å². The van der Waals surface area contributed by atoms with Crippen molar-refractivity contribution in [3.05, 3.63) is 129 Å². The van der Waals surface area contributed by atoms with Gasteiger partial charge < -0.3 is 9.47 Å². The third-order valence-electron chi connectivity index (χ3n) is 8.79. The molecule has 0 heterocycles. The zero-order valence-corrected chi connectivity index (χ0v) is 30.6. The van der Waals surface area contributed by atoms with Gasteiger partial charge in [-0.3, -0.25) is 0 Å². The topological polar surface area (TPSA) is 18.5 Å². The Morgan fingerprint density at radius 2 is 0.933 bits per heavy atom. The number of hydrogen-bond donors (Lipinski definition) is 0. The van der Waals surface area contributed by atoms with Crippen LogP contribution >= 0.6 is 15.8 Å². The quantitative estimate of drug-likeness (QED) is 0.172. The average Bonchev–Trinajstić information content (AvgIpc) is 3.41. The first kappa shape index (κ1) is 33.2. The van der Waals surface area contributed by atoms with Crippen molar-refractivity contribution in [1.29, 1.82) is 0 Å². The molecule has 1 aliphatic carbocycles. The zero-order valence-electron chi connectivity index (χ0n) is 28.8. The minimum absolute atomic E-state index is 0.233. The van der Waals surface area contributed by atoms with Crippen molar-refractivity contribution >= 4 is 37.1 Å². The molecule has 0 saturated heterocycles. The van der Waals surface area contributed by atoms with Crippen LogP contribution in [-0.2, 0) is 0 Å². The highest BCUT2D eigenvalue weighted by molar-refractivity contribution is 7.75. The van der Waals surface area contributed by atoms with Crippen LogP contribution in [0.25, 0.3) is 0 Å². The van der Waals surface area contributed by atoms with Crippen molar-refractivity contribution in [3.8, 4) is 11.5 Å². The van der Waals surface area contributed by atoms with Gasteiger partial charge in [0.1, 0.15) is 11.5 Å². The van der Waals surface area contributed by atoms with Crippen LogP contribution in [-0.4, -0.2) is 25.5 Å². The van der Waals surface area contributed by atoms with E-state index in [1.807, 2.05) is 0 Å². The van der Waals surface area contributed by atoms with Crippen LogP contribution in [0.2, 0.25) is 0 Å². The van der Waals surface area contributed by atoms with Gasteiger partial charge in [0.2, 0.25) is 0 Å². The normalized spacial score (nSPS) is 15.1. The molecule has 45 heavy (non-hydrogen) atoms. The highest BCUT2D eigenvalue weighted by atomic mass is 31.1. The van der Waals surface area contributed by atoms with Crippen molar-refractivity contribution < 1.29 is 9.47 Å². The van der Waals surface area contributed by atoms with Crippen LogP contribution in [0.15, 0.2) is 78.4 Å². The molecule has 2 nitrogen and oxygen atoms in total. The van der Waals surface area contributed by atoms with Crippen LogP contribution in [0.4, 0.5) is 0 Å². The van der Waals surface area contributed by atoms with E-state index >= 15 is 0 Å². The zero-order chi connectivity index (χ0) is 32.6. The van der Waals surface area contributed by atoms with Crippen molar-refractivity contribution in [2.75, 3.05) is 14.2 Å². The lowest BCUT2D eigenvalue weighted by Gasteiger charge is -2.34. The minimum Gasteiger partial charge on any atom is -0.496 e. The van der Waals surface area contributed by atoms with E-state index in [4.69, 9.17) is 9.47 Å². The minimum atomic E-state index is -0.798. The first-order valence-corrected chi connectivity index (χ1v) is 18.6. The first-order chi connectivity index (χ1) is 21.4. The van der Waals surface area contributed by atoms with Gasteiger partial charge in [-0.05, 0) is 151 Å². The van der Waals surface area contributed by atoms with Crippen molar-refractivity contribution in [3.63, 3.8) is 0 Å². The molecule has 5 rings (SSSR count). The second kappa shape index (κ2) is 13.7. The van der Waals surface area contributed by atoms with Gasteiger partial charge in [0.25, 0.3) is 0 Å². The van der Waals surface area contributed by atoms with Crippen molar-refractivity contribution in [2.45, 2.75) is 73.6 Å². The number of hydrogen-bond acceptors (Lipinski definition) is 2. The molecule has 0 aliphatic heterocycles. The molecule has 0 bridgehead atoms. The number of ether oxygens (including phenoxy) is 2. The molecule has 0 aromatic heterocycles. The molecule has 233 valence electrons. The maximum absolute atomic E-state index is 5.80. The molecule has 0 amide bonds. The predicted octanol–water partition coefficient (Wildman–Crippen LogP) is 8.79. The highest BCUT2D eigenvalue weighted by Crippen LogP contribution is 2.53. The summed E-state index contributed by atoms with van der Waals surface area (Å²) in [5.41, 5.74) is 11.9. The van der Waals surface area contributed by atoms with Gasteiger partial charge in [0.05, 0.1) is 14.2 Å². The van der Waals surface area contributed by atoms with Crippen LogP contribution in [0.5, 0.6) is 11.5 Å². The summed E-state index contributed by atoms with van der Waals surface area (Å²) in [7, 11) is 2.06. The van der Waals surface area contributed by atoms with Gasteiger partial charge in [0.15, 0.2) is 0 Å². The second-order valence-corrected chi connectivity index (χ2v) is 17.6. The monoisotopic (exact) mass is 633 g/mol. The van der Waals surface area contributed by atoms with Gasteiger partial charge in [-0.2, -0.15) is 0 Å². The second-order valence-electron chi connectivity index (χ2n) is 12.7.